The fourth-order valence-corrected chi connectivity index (χ4v) is 5.86. The van der Waals surface area contributed by atoms with Gasteiger partial charge in [0.1, 0.15) is 5.78 Å². The Bertz CT molecular complexity index is 347. The van der Waals surface area contributed by atoms with Crippen LogP contribution in [0.3, 0.4) is 0 Å². The third kappa shape index (κ3) is 0.855. The molecule has 6 atom stereocenters. The Balaban J connectivity index is 2.14. The summed E-state index contributed by atoms with van der Waals surface area (Å²) in [4.78, 5) is 12.6. The fourth-order valence-electron chi connectivity index (χ4n) is 5.86. The van der Waals surface area contributed by atoms with E-state index in [0.717, 1.165) is 18.3 Å². The first-order valence-corrected chi connectivity index (χ1v) is 6.99. The second-order valence-corrected chi connectivity index (χ2v) is 6.98. The number of hydrogen-bond donors (Lipinski definition) is 0. The first-order chi connectivity index (χ1) is 7.45. The molecule has 0 N–H and O–H groups in total. The molecule has 0 saturated heterocycles. The molecule has 0 aromatic carbocycles. The first kappa shape index (κ1) is 10.8. The number of ketones is 1. The third-order valence-corrected chi connectivity index (χ3v) is 6.86. The predicted octanol–water partition coefficient (Wildman–Crippen LogP) is 3.67. The molecule has 0 aromatic heterocycles. The van der Waals surface area contributed by atoms with Gasteiger partial charge in [-0.3, -0.25) is 4.79 Å². The minimum Gasteiger partial charge on any atom is -0.299 e. The molecule has 3 saturated carbocycles. The van der Waals surface area contributed by atoms with Crippen molar-refractivity contribution in [2.45, 2.75) is 53.4 Å². The van der Waals surface area contributed by atoms with Crippen LogP contribution in [0, 0.1) is 34.5 Å². The van der Waals surface area contributed by atoms with Crippen molar-refractivity contribution in [1.82, 2.24) is 0 Å². The molecule has 1 nitrogen and oxygen atoms in total. The molecule has 0 heterocycles. The van der Waals surface area contributed by atoms with Crippen LogP contribution < -0.4 is 0 Å². The average molecular weight is 220 g/mol. The van der Waals surface area contributed by atoms with Crippen molar-refractivity contribution in [3.05, 3.63) is 0 Å². The largest absolute Gasteiger partial charge is 0.299 e. The van der Waals surface area contributed by atoms with E-state index in [4.69, 9.17) is 0 Å². The molecule has 0 amide bonds. The number of carbonyl (C=O) groups is 1. The third-order valence-electron chi connectivity index (χ3n) is 6.86. The zero-order valence-electron chi connectivity index (χ0n) is 11.0. The van der Waals surface area contributed by atoms with E-state index in [0.29, 0.717) is 23.0 Å². The molecule has 1 heteroatoms. The SMILES string of the molecule is C[C@@H]1C(=O)[C@@]2(C)CC[C@@H]3[C@@H](C)CC[C@@]32[C@@H]1C. The second-order valence-electron chi connectivity index (χ2n) is 6.98. The molecule has 16 heavy (non-hydrogen) atoms. The van der Waals surface area contributed by atoms with E-state index in [1.807, 2.05) is 0 Å². The zero-order chi connectivity index (χ0) is 11.7. The maximum atomic E-state index is 12.6. The topological polar surface area (TPSA) is 17.1 Å². The van der Waals surface area contributed by atoms with E-state index in [1.165, 1.54) is 19.3 Å². The lowest BCUT2D eigenvalue weighted by molar-refractivity contribution is -0.130. The second kappa shape index (κ2) is 2.91. The Morgan fingerprint density at radius 2 is 1.81 bits per heavy atom. The fraction of sp³-hybridized carbons (Fsp3) is 0.933. The van der Waals surface area contributed by atoms with Crippen molar-refractivity contribution in [2.24, 2.45) is 34.5 Å². The van der Waals surface area contributed by atoms with Gasteiger partial charge in [0.2, 0.25) is 0 Å². The number of carbonyl (C=O) groups excluding carboxylic acids is 1. The van der Waals surface area contributed by atoms with Crippen LogP contribution in [0.15, 0.2) is 0 Å². The molecule has 90 valence electrons. The van der Waals surface area contributed by atoms with E-state index in [-0.39, 0.29) is 5.41 Å². The quantitative estimate of drug-likeness (QED) is 0.608. The average Bonchev–Trinajstić information content (AvgIpc) is 2.79. The van der Waals surface area contributed by atoms with Gasteiger partial charge in [-0.15, -0.1) is 0 Å². The van der Waals surface area contributed by atoms with Gasteiger partial charge in [0.25, 0.3) is 0 Å². The molecule has 3 rings (SSSR count). The highest BCUT2D eigenvalue weighted by Crippen LogP contribution is 2.73. The summed E-state index contributed by atoms with van der Waals surface area (Å²) >= 11 is 0. The first-order valence-electron chi connectivity index (χ1n) is 6.99. The molecule has 3 aliphatic carbocycles. The summed E-state index contributed by atoms with van der Waals surface area (Å²) in [5.74, 6) is 3.18. The molecule has 0 bridgehead atoms. The van der Waals surface area contributed by atoms with Crippen LogP contribution in [0.4, 0.5) is 0 Å². The molecule has 0 radical (unpaired) electrons. The Kier molecular flexibility index (Phi) is 1.97. The van der Waals surface area contributed by atoms with Crippen molar-refractivity contribution in [3.8, 4) is 0 Å². The monoisotopic (exact) mass is 220 g/mol. The predicted molar refractivity (Wildman–Crippen MR) is 65.0 cm³/mol. The van der Waals surface area contributed by atoms with Crippen LogP contribution in [0.5, 0.6) is 0 Å². The van der Waals surface area contributed by atoms with Gasteiger partial charge in [-0.05, 0) is 48.9 Å². The number of Topliss-reactive ketones (excluding diaryl/α,β-unsaturated/α-hetero) is 1. The lowest BCUT2D eigenvalue weighted by Gasteiger charge is -2.41. The zero-order valence-corrected chi connectivity index (χ0v) is 11.0. The standard InChI is InChI=1S/C15H24O/c1-9-5-8-15-11(3)10(2)13(16)14(15,4)7-6-12(9)15/h9-12H,5-8H2,1-4H3/t9-,10-,11+,12+,14+,15+/m0/s1. The Morgan fingerprint density at radius 3 is 2.50 bits per heavy atom. The van der Waals surface area contributed by atoms with Crippen LogP contribution in [-0.2, 0) is 4.79 Å². The maximum absolute atomic E-state index is 12.6. The molecule has 0 aromatic rings. The van der Waals surface area contributed by atoms with Crippen LogP contribution in [0.1, 0.15) is 53.4 Å². The molecular weight excluding hydrogens is 196 g/mol. The Morgan fingerprint density at radius 1 is 1.12 bits per heavy atom. The summed E-state index contributed by atoms with van der Waals surface area (Å²) in [5.41, 5.74) is 0.407. The Labute approximate surface area is 99.0 Å². The normalized spacial score (nSPS) is 60.1. The van der Waals surface area contributed by atoms with Gasteiger partial charge < -0.3 is 0 Å². The summed E-state index contributed by atoms with van der Waals surface area (Å²) in [6.07, 6.45) is 5.13. The van der Waals surface area contributed by atoms with E-state index in [9.17, 15) is 4.79 Å². The van der Waals surface area contributed by atoms with Crippen molar-refractivity contribution >= 4 is 5.78 Å². The highest BCUT2D eigenvalue weighted by molar-refractivity contribution is 5.91. The molecule has 1 spiro atoms. The van der Waals surface area contributed by atoms with E-state index >= 15 is 0 Å². The van der Waals surface area contributed by atoms with Crippen molar-refractivity contribution < 1.29 is 4.79 Å². The molecule has 3 fully saturated rings. The van der Waals surface area contributed by atoms with Gasteiger partial charge >= 0.3 is 0 Å². The summed E-state index contributed by atoms with van der Waals surface area (Å²) in [6, 6.07) is 0. The lowest BCUT2D eigenvalue weighted by Crippen LogP contribution is -2.39. The highest BCUT2D eigenvalue weighted by atomic mass is 16.1. The van der Waals surface area contributed by atoms with E-state index in [1.54, 1.807) is 0 Å². The van der Waals surface area contributed by atoms with Crippen LogP contribution in [-0.4, -0.2) is 5.78 Å². The van der Waals surface area contributed by atoms with Crippen molar-refractivity contribution in [2.75, 3.05) is 0 Å². The number of hydrogen-bond acceptors (Lipinski definition) is 1. The minimum atomic E-state index is 0.0290. The molecule has 3 aliphatic rings. The van der Waals surface area contributed by atoms with Crippen LogP contribution in [0.25, 0.3) is 0 Å². The minimum absolute atomic E-state index is 0.0290. The highest BCUT2D eigenvalue weighted by Gasteiger charge is 2.71. The van der Waals surface area contributed by atoms with Crippen LogP contribution in [0.2, 0.25) is 0 Å². The summed E-state index contributed by atoms with van der Waals surface area (Å²) in [6.45, 7) is 9.22. The van der Waals surface area contributed by atoms with Gasteiger partial charge in [-0.25, -0.2) is 0 Å². The van der Waals surface area contributed by atoms with Gasteiger partial charge in [-0.2, -0.15) is 0 Å². The summed E-state index contributed by atoms with van der Waals surface area (Å²) in [5, 5.41) is 0. The van der Waals surface area contributed by atoms with Crippen LogP contribution >= 0.6 is 0 Å². The molecule has 0 unspecified atom stereocenters. The lowest BCUT2D eigenvalue weighted by atomic mass is 9.62. The summed E-state index contributed by atoms with van der Waals surface area (Å²) in [7, 11) is 0. The van der Waals surface area contributed by atoms with Crippen molar-refractivity contribution in [3.63, 3.8) is 0 Å². The van der Waals surface area contributed by atoms with Gasteiger partial charge in [0.05, 0.1) is 0 Å². The molecule has 0 aliphatic heterocycles. The maximum Gasteiger partial charge on any atom is 0.142 e. The smallest absolute Gasteiger partial charge is 0.142 e. The van der Waals surface area contributed by atoms with E-state index in [2.05, 4.69) is 27.7 Å². The van der Waals surface area contributed by atoms with Gasteiger partial charge in [0, 0.05) is 11.3 Å². The van der Waals surface area contributed by atoms with Gasteiger partial charge in [0.15, 0.2) is 0 Å². The van der Waals surface area contributed by atoms with E-state index < -0.39 is 0 Å². The number of rotatable bonds is 0. The Hall–Kier alpha value is -0.330. The van der Waals surface area contributed by atoms with Crippen molar-refractivity contribution in [1.29, 1.82) is 0 Å². The summed E-state index contributed by atoms with van der Waals surface area (Å²) < 4.78 is 0. The molecular formula is C15H24O. The van der Waals surface area contributed by atoms with Gasteiger partial charge in [-0.1, -0.05) is 27.7 Å².